The van der Waals surface area contributed by atoms with E-state index in [9.17, 15) is 0 Å². The summed E-state index contributed by atoms with van der Waals surface area (Å²) in [5.74, 6) is 0.525. The maximum Gasteiger partial charge on any atom is 0.000416 e. The lowest BCUT2D eigenvalue weighted by Crippen LogP contribution is -2.17. The highest BCUT2D eigenvalue weighted by Crippen LogP contribution is 2.39. The minimum atomic E-state index is 0. The molecule has 0 aromatic rings. The topological polar surface area (TPSA) is 0 Å². The Hall–Kier alpha value is -0.780. The Morgan fingerprint density at radius 3 is 1.21 bits per heavy atom. The van der Waals surface area contributed by atoms with Crippen LogP contribution in [0.5, 0.6) is 0 Å². The van der Waals surface area contributed by atoms with Gasteiger partial charge in [-0.05, 0) is 35.8 Å². The van der Waals surface area contributed by atoms with Crippen LogP contribution in [0.2, 0.25) is 0 Å². The fourth-order valence-corrected chi connectivity index (χ4v) is 2.77. The normalized spacial score (nSPS) is 14.8. The summed E-state index contributed by atoms with van der Waals surface area (Å²) < 4.78 is 0. The van der Waals surface area contributed by atoms with Gasteiger partial charge in [-0.2, -0.15) is 0 Å². The molecule has 0 aromatic heterocycles. The predicted octanol–water partition coefficient (Wildman–Crippen LogP) is 11.3. The van der Waals surface area contributed by atoms with Crippen molar-refractivity contribution in [1.82, 2.24) is 0 Å². The van der Waals surface area contributed by atoms with Crippen molar-refractivity contribution in [3.63, 3.8) is 0 Å². The number of hydrogen-bond acceptors (Lipinski definition) is 0. The molecule has 0 fully saturated rings. The number of allylic oxidation sites excluding steroid dienone is 6. The molecule has 0 heteroatoms. The van der Waals surface area contributed by atoms with Crippen LogP contribution in [0.1, 0.15) is 132 Å². The highest BCUT2D eigenvalue weighted by atomic mass is 14.3. The van der Waals surface area contributed by atoms with Gasteiger partial charge in [0.1, 0.15) is 0 Å². The predicted molar refractivity (Wildman–Crippen MR) is 141 cm³/mol. The van der Waals surface area contributed by atoms with Crippen molar-refractivity contribution in [3.8, 4) is 0 Å². The Labute approximate surface area is 184 Å². The van der Waals surface area contributed by atoms with Crippen molar-refractivity contribution in [2.24, 2.45) is 16.7 Å². The molecule has 1 unspecified atom stereocenters. The van der Waals surface area contributed by atoms with E-state index in [1.165, 1.54) is 16.7 Å². The van der Waals surface area contributed by atoms with Crippen LogP contribution in [-0.4, -0.2) is 0 Å². The van der Waals surface area contributed by atoms with Crippen LogP contribution < -0.4 is 0 Å². The summed E-state index contributed by atoms with van der Waals surface area (Å²) in [5, 5.41) is 0. The zero-order chi connectivity index (χ0) is 23.4. The zero-order valence-electron chi connectivity index (χ0n) is 22.8. The lowest BCUT2D eigenvalue weighted by molar-refractivity contribution is 0.342. The van der Waals surface area contributed by atoms with Crippen molar-refractivity contribution >= 4 is 0 Å². The van der Waals surface area contributed by atoms with Gasteiger partial charge in [-0.25, -0.2) is 0 Å². The first kappa shape index (κ1) is 41.6. The molecule has 1 aliphatic carbocycles. The van der Waals surface area contributed by atoms with E-state index in [1.807, 2.05) is 69.2 Å². The van der Waals surface area contributed by atoms with Gasteiger partial charge in [0.05, 0.1) is 0 Å². The largest absolute Gasteiger partial charge is 0.0776 e. The van der Waals surface area contributed by atoms with Gasteiger partial charge in [0, 0.05) is 5.92 Å². The van der Waals surface area contributed by atoms with Crippen LogP contribution in [-0.2, 0) is 0 Å². The molecular weight excluding hydrogens is 336 g/mol. The van der Waals surface area contributed by atoms with Gasteiger partial charge in [0.25, 0.3) is 0 Å². The lowest BCUT2D eigenvalue weighted by Gasteiger charge is -2.28. The fraction of sp³-hybridized carbons (Fsp3) is 0.786. The molecule has 0 saturated carbocycles. The molecule has 0 aliphatic heterocycles. The van der Waals surface area contributed by atoms with E-state index < -0.39 is 0 Å². The molecule has 0 radical (unpaired) electrons. The Morgan fingerprint density at radius 1 is 0.643 bits per heavy atom. The summed E-state index contributed by atoms with van der Waals surface area (Å²) in [6, 6.07) is 0. The first-order valence-electron chi connectivity index (χ1n) is 11.6. The first-order valence-corrected chi connectivity index (χ1v) is 11.6. The monoisotopic (exact) mass is 398 g/mol. The summed E-state index contributed by atoms with van der Waals surface area (Å²) in [6.07, 6.45) is 7.11. The number of hydrogen-bond donors (Lipinski definition) is 0. The molecule has 0 heterocycles. The SMILES string of the molecule is C.CC.CC.CC.CC.CC.CC1=CC(C(C)(C)C)C=CC(C)=C1C(C)(C)C. The first-order chi connectivity index (χ1) is 12.5. The Balaban J connectivity index is -0.0000000956. The fourth-order valence-electron chi connectivity index (χ4n) is 2.77. The van der Waals surface area contributed by atoms with Crippen LogP contribution >= 0.6 is 0 Å². The Bertz CT molecular complexity index is 375. The lowest BCUT2D eigenvalue weighted by atomic mass is 9.77. The molecule has 0 nitrogen and oxygen atoms in total. The molecule has 174 valence electrons. The molecule has 0 spiro atoms. The van der Waals surface area contributed by atoms with Crippen LogP contribution in [0, 0.1) is 16.7 Å². The van der Waals surface area contributed by atoms with Gasteiger partial charge in [0.2, 0.25) is 0 Å². The third-order valence-electron chi connectivity index (χ3n) is 3.52. The highest BCUT2D eigenvalue weighted by Gasteiger charge is 2.26. The average molecular weight is 399 g/mol. The second-order valence-corrected chi connectivity index (χ2v) is 7.41. The second-order valence-electron chi connectivity index (χ2n) is 7.41. The van der Waals surface area contributed by atoms with Crippen molar-refractivity contribution in [2.75, 3.05) is 0 Å². The standard InChI is InChI=1S/C17H28.5C2H6.CH4/c1-12-9-10-14(16(3,4)5)11-13(2)15(12)17(6,7)8;5*1-2;/h9-11,14H,1-8H3;5*1-2H3;1H4. The molecular formula is C28H62. The zero-order valence-corrected chi connectivity index (χ0v) is 22.8. The molecule has 1 atom stereocenters. The third kappa shape index (κ3) is 18.6. The van der Waals surface area contributed by atoms with Gasteiger partial charge in [-0.15, -0.1) is 0 Å². The van der Waals surface area contributed by atoms with Crippen LogP contribution in [0.4, 0.5) is 0 Å². The van der Waals surface area contributed by atoms with Crippen LogP contribution in [0.25, 0.3) is 0 Å². The van der Waals surface area contributed by atoms with Gasteiger partial charge in [0.15, 0.2) is 0 Å². The summed E-state index contributed by atoms with van der Waals surface area (Å²) in [4.78, 5) is 0. The van der Waals surface area contributed by atoms with Crippen molar-refractivity contribution in [2.45, 2.75) is 132 Å². The molecule has 28 heavy (non-hydrogen) atoms. The van der Waals surface area contributed by atoms with E-state index in [2.05, 4.69) is 73.6 Å². The summed E-state index contributed by atoms with van der Waals surface area (Å²) in [5.41, 5.74) is 4.88. The average Bonchev–Trinajstić information content (AvgIpc) is 2.81. The molecule has 1 rings (SSSR count). The van der Waals surface area contributed by atoms with E-state index in [0.29, 0.717) is 11.3 Å². The minimum Gasteiger partial charge on any atom is -0.0776 e. The minimum absolute atomic E-state index is 0. The quantitative estimate of drug-likeness (QED) is 0.380. The smallest absolute Gasteiger partial charge is 0.000416 e. The van der Waals surface area contributed by atoms with Gasteiger partial charge >= 0.3 is 0 Å². The van der Waals surface area contributed by atoms with E-state index in [4.69, 9.17) is 0 Å². The number of rotatable bonds is 0. The van der Waals surface area contributed by atoms with E-state index >= 15 is 0 Å². The third-order valence-corrected chi connectivity index (χ3v) is 3.52. The van der Waals surface area contributed by atoms with Crippen molar-refractivity contribution < 1.29 is 0 Å². The van der Waals surface area contributed by atoms with E-state index in [1.54, 1.807) is 0 Å². The van der Waals surface area contributed by atoms with Gasteiger partial charge in [-0.1, -0.05) is 142 Å². The molecule has 0 aromatic carbocycles. The molecule has 0 N–H and O–H groups in total. The maximum atomic E-state index is 2.44. The molecule has 0 bridgehead atoms. The molecule has 0 saturated heterocycles. The second kappa shape index (κ2) is 24.3. The van der Waals surface area contributed by atoms with Gasteiger partial charge < -0.3 is 0 Å². The maximum absolute atomic E-state index is 2.44. The Morgan fingerprint density at radius 2 is 0.964 bits per heavy atom. The van der Waals surface area contributed by atoms with E-state index in [0.717, 1.165) is 0 Å². The summed E-state index contributed by atoms with van der Waals surface area (Å²) in [7, 11) is 0. The molecule has 1 aliphatic rings. The highest BCUT2D eigenvalue weighted by molar-refractivity contribution is 5.44. The van der Waals surface area contributed by atoms with Gasteiger partial charge in [-0.3, -0.25) is 0 Å². The van der Waals surface area contributed by atoms with Crippen LogP contribution in [0.3, 0.4) is 0 Å². The van der Waals surface area contributed by atoms with Crippen molar-refractivity contribution in [1.29, 1.82) is 0 Å². The summed E-state index contributed by atoms with van der Waals surface area (Å²) in [6.45, 7) is 38.3. The van der Waals surface area contributed by atoms with E-state index in [-0.39, 0.29) is 12.8 Å². The molecule has 0 amide bonds. The van der Waals surface area contributed by atoms with Crippen LogP contribution in [0.15, 0.2) is 34.9 Å². The van der Waals surface area contributed by atoms with Crippen molar-refractivity contribution in [3.05, 3.63) is 34.9 Å². The summed E-state index contributed by atoms with van der Waals surface area (Å²) >= 11 is 0. The Kier molecular flexibility index (Phi) is 36.0.